The first-order chi connectivity index (χ1) is 9.29. The number of amides is 1. The Labute approximate surface area is 118 Å². The Morgan fingerprint density at radius 2 is 2.05 bits per heavy atom. The predicted octanol–water partition coefficient (Wildman–Crippen LogP) is 0.591. The molecule has 0 saturated carbocycles. The van der Waals surface area contributed by atoms with E-state index < -0.39 is 11.6 Å². The first-order valence-electron chi connectivity index (χ1n) is 6.26. The molecule has 0 bridgehead atoms. The third kappa shape index (κ3) is 4.11. The van der Waals surface area contributed by atoms with Gasteiger partial charge in [-0.15, -0.1) is 0 Å². The van der Waals surface area contributed by atoms with Crippen LogP contribution in [0.4, 0.5) is 0 Å². The van der Waals surface area contributed by atoms with Crippen molar-refractivity contribution in [2.24, 2.45) is 5.73 Å². The molecule has 0 aromatic heterocycles. The summed E-state index contributed by atoms with van der Waals surface area (Å²) in [7, 11) is 3.05. The summed E-state index contributed by atoms with van der Waals surface area (Å²) in [6.07, 6.45) is -0.911. The highest BCUT2D eigenvalue weighted by molar-refractivity contribution is 5.85. The van der Waals surface area contributed by atoms with Crippen molar-refractivity contribution >= 4 is 5.91 Å². The highest BCUT2D eigenvalue weighted by Crippen LogP contribution is 2.29. The van der Waals surface area contributed by atoms with E-state index in [1.807, 2.05) is 0 Å². The average molecular weight is 282 g/mol. The maximum absolute atomic E-state index is 11.7. The van der Waals surface area contributed by atoms with E-state index in [1.165, 1.54) is 14.2 Å². The zero-order chi connectivity index (χ0) is 15.3. The van der Waals surface area contributed by atoms with Crippen molar-refractivity contribution in [2.75, 3.05) is 20.8 Å². The van der Waals surface area contributed by atoms with Gasteiger partial charge in [-0.05, 0) is 32.0 Å². The van der Waals surface area contributed by atoms with Gasteiger partial charge in [0.25, 0.3) is 0 Å². The summed E-state index contributed by atoms with van der Waals surface area (Å²) < 4.78 is 10.3. The number of carbonyl (C=O) groups excluding carboxylic acids is 1. The molecule has 4 N–H and O–H groups in total. The molecule has 1 unspecified atom stereocenters. The number of hydrogen-bond acceptors (Lipinski definition) is 5. The van der Waals surface area contributed by atoms with Crippen molar-refractivity contribution in [2.45, 2.75) is 25.5 Å². The lowest BCUT2D eigenvalue weighted by atomic mass is 10.0. The average Bonchev–Trinajstić information content (AvgIpc) is 2.42. The van der Waals surface area contributed by atoms with Crippen LogP contribution in [-0.2, 0) is 4.79 Å². The van der Waals surface area contributed by atoms with Crippen molar-refractivity contribution in [3.8, 4) is 11.5 Å². The first-order valence-corrected chi connectivity index (χ1v) is 6.26. The van der Waals surface area contributed by atoms with E-state index in [0.717, 1.165) is 0 Å². The van der Waals surface area contributed by atoms with Crippen LogP contribution in [-0.4, -0.2) is 37.3 Å². The third-order valence-electron chi connectivity index (χ3n) is 2.84. The Kier molecular flexibility index (Phi) is 5.35. The van der Waals surface area contributed by atoms with Crippen molar-refractivity contribution in [1.82, 2.24) is 5.32 Å². The van der Waals surface area contributed by atoms with Crippen LogP contribution in [0.1, 0.15) is 25.5 Å². The third-order valence-corrected chi connectivity index (χ3v) is 2.84. The first kappa shape index (κ1) is 16.3. The highest BCUT2D eigenvalue weighted by Gasteiger charge is 2.23. The number of nitrogens with one attached hydrogen (secondary N) is 1. The van der Waals surface area contributed by atoms with Crippen LogP contribution in [0.5, 0.6) is 11.5 Å². The second-order valence-corrected chi connectivity index (χ2v) is 5.06. The highest BCUT2D eigenvalue weighted by atomic mass is 16.5. The van der Waals surface area contributed by atoms with Crippen LogP contribution in [0.3, 0.4) is 0 Å². The molecule has 0 radical (unpaired) electrons. The van der Waals surface area contributed by atoms with Crippen molar-refractivity contribution in [3.63, 3.8) is 0 Å². The molecule has 0 fully saturated rings. The molecule has 1 amide bonds. The van der Waals surface area contributed by atoms with Crippen LogP contribution in [0.2, 0.25) is 0 Å². The van der Waals surface area contributed by atoms with E-state index in [2.05, 4.69) is 5.32 Å². The largest absolute Gasteiger partial charge is 0.497 e. The summed E-state index contributed by atoms with van der Waals surface area (Å²) in [5.41, 5.74) is 5.22. The molecule has 112 valence electrons. The fraction of sp³-hybridized carbons (Fsp3) is 0.500. The summed E-state index contributed by atoms with van der Waals surface area (Å²) in [4.78, 5) is 11.7. The lowest BCUT2D eigenvalue weighted by molar-refractivity contribution is -0.125. The molecule has 0 saturated heterocycles. The molecule has 0 aliphatic rings. The Hall–Kier alpha value is -1.79. The summed E-state index contributed by atoms with van der Waals surface area (Å²) in [5, 5.41) is 12.8. The van der Waals surface area contributed by atoms with Gasteiger partial charge >= 0.3 is 0 Å². The zero-order valence-electron chi connectivity index (χ0n) is 12.3. The second kappa shape index (κ2) is 6.58. The Morgan fingerprint density at radius 1 is 1.40 bits per heavy atom. The number of ether oxygens (including phenoxy) is 2. The minimum atomic E-state index is -0.988. The van der Waals surface area contributed by atoms with Crippen LogP contribution in [0, 0.1) is 0 Å². The molecule has 0 aliphatic heterocycles. The van der Waals surface area contributed by atoms with E-state index in [4.69, 9.17) is 15.2 Å². The number of rotatable bonds is 6. The molecule has 1 atom stereocenters. The van der Waals surface area contributed by atoms with Crippen LogP contribution < -0.4 is 20.5 Å². The van der Waals surface area contributed by atoms with Crippen LogP contribution in [0.15, 0.2) is 18.2 Å². The minimum Gasteiger partial charge on any atom is -0.497 e. The fourth-order valence-electron chi connectivity index (χ4n) is 1.63. The SMILES string of the molecule is COc1ccc(OC)c(C(O)CNC(=O)C(C)(C)N)c1. The maximum atomic E-state index is 11.7. The lowest BCUT2D eigenvalue weighted by Gasteiger charge is -2.21. The van der Waals surface area contributed by atoms with Crippen molar-refractivity contribution < 1.29 is 19.4 Å². The second-order valence-electron chi connectivity index (χ2n) is 5.06. The lowest BCUT2D eigenvalue weighted by Crippen LogP contribution is -2.49. The predicted molar refractivity (Wildman–Crippen MR) is 75.8 cm³/mol. The monoisotopic (exact) mass is 282 g/mol. The number of methoxy groups -OCH3 is 2. The van der Waals surface area contributed by atoms with Gasteiger partial charge < -0.3 is 25.6 Å². The van der Waals surface area contributed by atoms with Gasteiger partial charge in [-0.3, -0.25) is 4.79 Å². The molecule has 0 heterocycles. The number of hydrogen-bond donors (Lipinski definition) is 3. The van der Waals surface area contributed by atoms with Gasteiger partial charge in [0.05, 0.1) is 25.9 Å². The summed E-state index contributed by atoms with van der Waals surface area (Å²) in [6.45, 7) is 3.24. The van der Waals surface area contributed by atoms with Gasteiger partial charge in [0, 0.05) is 12.1 Å². The molecule has 1 rings (SSSR count). The van der Waals surface area contributed by atoms with Gasteiger partial charge in [0.2, 0.25) is 5.91 Å². The molecular formula is C14H22N2O4. The molecule has 1 aromatic rings. The van der Waals surface area contributed by atoms with Gasteiger partial charge in [0.1, 0.15) is 11.5 Å². The van der Waals surface area contributed by atoms with Gasteiger partial charge in [-0.1, -0.05) is 0 Å². The standard InChI is InChI=1S/C14H22N2O4/c1-14(2,15)13(18)16-8-11(17)10-7-9(19-3)5-6-12(10)20-4/h5-7,11,17H,8,15H2,1-4H3,(H,16,18). The molecule has 20 heavy (non-hydrogen) atoms. The number of aliphatic hydroxyl groups excluding tert-OH is 1. The molecular weight excluding hydrogens is 260 g/mol. The topological polar surface area (TPSA) is 93.8 Å². The minimum absolute atomic E-state index is 0.0446. The van der Waals surface area contributed by atoms with Crippen molar-refractivity contribution in [1.29, 1.82) is 0 Å². The van der Waals surface area contributed by atoms with Gasteiger partial charge in [-0.25, -0.2) is 0 Å². The van der Waals surface area contributed by atoms with Gasteiger partial charge in [0.15, 0.2) is 0 Å². The quantitative estimate of drug-likeness (QED) is 0.710. The molecule has 0 spiro atoms. The van der Waals surface area contributed by atoms with E-state index in [1.54, 1.807) is 32.0 Å². The molecule has 0 aliphatic carbocycles. The summed E-state index contributed by atoms with van der Waals surface area (Å²) in [6, 6.07) is 5.10. The van der Waals surface area contributed by atoms with Crippen LogP contribution >= 0.6 is 0 Å². The van der Waals surface area contributed by atoms with E-state index in [-0.39, 0.29) is 12.5 Å². The smallest absolute Gasteiger partial charge is 0.239 e. The molecule has 6 heteroatoms. The molecule has 6 nitrogen and oxygen atoms in total. The summed E-state index contributed by atoms with van der Waals surface area (Å²) in [5.74, 6) is 0.795. The normalized spacial score (nSPS) is 12.7. The summed E-state index contributed by atoms with van der Waals surface area (Å²) >= 11 is 0. The number of nitrogens with two attached hydrogens (primary N) is 1. The Morgan fingerprint density at radius 3 is 2.55 bits per heavy atom. The number of carbonyl (C=O) groups is 1. The van der Waals surface area contributed by atoms with Crippen molar-refractivity contribution in [3.05, 3.63) is 23.8 Å². The molecule has 1 aromatic carbocycles. The van der Waals surface area contributed by atoms with Gasteiger partial charge in [-0.2, -0.15) is 0 Å². The van der Waals surface area contributed by atoms with E-state index in [9.17, 15) is 9.90 Å². The Balaban J connectivity index is 2.81. The fourth-order valence-corrected chi connectivity index (χ4v) is 1.63. The maximum Gasteiger partial charge on any atom is 0.239 e. The zero-order valence-corrected chi connectivity index (χ0v) is 12.3. The van der Waals surface area contributed by atoms with E-state index in [0.29, 0.717) is 17.1 Å². The Bertz CT molecular complexity index is 469. The number of benzene rings is 1. The number of aliphatic hydroxyl groups is 1. The van der Waals surface area contributed by atoms with Crippen LogP contribution in [0.25, 0.3) is 0 Å². The van der Waals surface area contributed by atoms with E-state index >= 15 is 0 Å².